The SMILES string of the molecule is Cc1ccccc1Nc1nc(N)nc(CSCC(=O)NCc2cccs2)n1. The van der Waals surface area contributed by atoms with E-state index in [1.165, 1.54) is 11.8 Å². The third kappa shape index (κ3) is 5.93. The minimum Gasteiger partial charge on any atom is -0.368 e. The molecule has 3 aromatic rings. The number of aryl methyl sites for hydroxylation is 1. The van der Waals surface area contributed by atoms with Gasteiger partial charge in [-0.15, -0.1) is 23.1 Å². The normalized spacial score (nSPS) is 10.6. The molecule has 0 saturated heterocycles. The van der Waals surface area contributed by atoms with Gasteiger partial charge in [0, 0.05) is 10.6 Å². The van der Waals surface area contributed by atoms with E-state index in [0.717, 1.165) is 16.1 Å². The average Bonchev–Trinajstić information content (AvgIpc) is 3.15. The molecule has 0 saturated carbocycles. The molecule has 0 spiro atoms. The summed E-state index contributed by atoms with van der Waals surface area (Å²) in [4.78, 5) is 25.7. The first-order valence-electron chi connectivity index (χ1n) is 8.30. The van der Waals surface area contributed by atoms with E-state index in [1.54, 1.807) is 11.3 Å². The Morgan fingerprint density at radius 2 is 2.04 bits per heavy atom. The van der Waals surface area contributed by atoms with Crippen LogP contribution in [0.1, 0.15) is 16.3 Å². The molecule has 0 unspecified atom stereocenters. The van der Waals surface area contributed by atoms with E-state index >= 15 is 0 Å². The summed E-state index contributed by atoms with van der Waals surface area (Å²) in [5.41, 5.74) is 7.79. The number of thioether (sulfide) groups is 1. The van der Waals surface area contributed by atoms with E-state index in [2.05, 4.69) is 25.6 Å². The Labute approximate surface area is 165 Å². The summed E-state index contributed by atoms with van der Waals surface area (Å²) in [7, 11) is 0. The van der Waals surface area contributed by atoms with Crippen LogP contribution in [0.25, 0.3) is 0 Å². The van der Waals surface area contributed by atoms with Crippen LogP contribution >= 0.6 is 23.1 Å². The number of nitrogens with zero attached hydrogens (tertiary/aromatic N) is 3. The largest absolute Gasteiger partial charge is 0.368 e. The van der Waals surface area contributed by atoms with Gasteiger partial charge in [-0.2, -0.15) is 15.0 Å². The van der Waals surface area contributed by atoms with Gasteiger partial charge in [-0.05, 0) is 30.0 Å². The molecule has 9 heteroatoms. The Morgan fingerprint density at radius 3 is 2.81 bits per heavy atom. The van der Waals surface area contributed by atoms with E-state index in [0.29, 0.717) is 29.8 Å². The van der Waals surface area contributed by atoms with Gasteiger partial charge >= 0.3 is 0 Å². The van der Waals surface area contributed by atoms with Gasteiger partial charge in [0.15, 0.2) is 0 Å². The Kier molecular flexibility index (Phi) is 6.61. The smallest absolute Gasteiger partial charge is 0.232 e. The molecule has 140 valence electrons. The van der Waals surface area contributed by atoms with Crippen molar-refractivity contribution in [3.8, 4) is 0 Å². The second kappa shape index (κ2) is 9.33. The number of hydrogen-bond donors (Lipinski definition) is 3. The second-order valence-electron chi connectivity index (χ2n) is 5.72. The lowest BCUT2D eigenvalue weighted by Gasteiger charge is -2.09. The fourth-order valence-electron chi connectivity index (χ4n) is 2.28. The lowest BCUT2D eigenvalue weighted by atomic mass is 10.2. The minimum absolute atomic E-state index is 0.0197. The number of aromatic nitrogens is 3. The third-order valence-electron chi connectivity index (χ3n) is 3.59. The number of anilines is 3. The maximum Gasteiger partial charge on any atom is 0.232 e. The van der Waals surface area contributed by atoms with Crippen molar-refractivity contribution >= 4 is 46.6 Å². The van der Waals surface area contributed by atoms with Gasteiger partial charge in [-0.25, -0.2) is 0 Å². The van der Waals surface area contributed by atoms with Gasteiger partial charge < -0.3 is 16.4 Å². The van der Waals surface area contributed by atoms with Gasteiger partial charge in [0.05, 0.1) is 18.1 Å². The molecular weight excluding hydrogens is 380 g/mol. The Morgan fingerprint density at radius 1 is 1.19 bits per heavy atom. The van der Waals surface area contributed by atoms with Crippen molar-refractivity contribution < 1.29 is 4.79 Å². The maximum atomic E-state index is 11.9. The van der Waals surface area contributed by atoms with Crippen LogP contribution in [-0.2, 0) is 17.1 Å². The van der Waals surface area contributed by atoms with Crippen LogP contribution in [-0.4, -0.2) is 26.6 Å². The highest BCUT2D eigenvalue weighted by molar-refractivity contribution is 7.99. The van der Waals surface area contributed by atoms with E-state index in [1.807, 2.05) is 48.7 Å². The van der Waals surface area contributed by atoms with Crippen LogP contribution in [0.3, 0.4) is 0 Å². The third-order valence-corrected chi connectivity index (χ3v) is 5.40. The number of benzene rings is 1. The molecule has 0 aliphatic carbocycles. The molecular formula is C18H20N6OS2. The summed E-state index contributed by atoms with van der Waals surface area (Å²) in [6.07, 6.45) is 0. The number of para-hydroxylation sites is 1. The Balaban J connectivity index is 1.52. The number of carbonyl (C=O) groups excluding carboxylic acids is 1. The zero-order valence-corrected chi connectivity index (χ0v) is 16.4. The first-order valence-corrected chi connectivity index (χ1v) is 10.3. The minimum atomic E-state index is -0.0197. The van der Waals surface area contributed by atoms with Gasteiger partial charge in [-0.1, -0.05) is 24.3 Å². The molecule has 1 aromatic carbocycles. The molecule has 27 heavy (non-hydrogen) atoms. The van der Waals surface area contributed by atoms with Gasteiger partial charge in [0.25, 0.3) is 0 Å². The average molecular weight is 401 g/mol. The van der Waals surface area contributed by atoms with E-state index in [-0.39, 0.29) is 11.9 Å². The molecule has 2 heterocycles. The topological polar surface area (TPSA) is 106 Å². The molecule has 7 nitrogen and oxygen atoms in total. The van der Waals surface area contributed by atoms with Crippen LogP contribution in [0.2, 0.25) is 0 Å². The number of amides is 1. The van der Waals surface area contributed by atoms with Crippen molar-refractivity contribution in [2.75, 3.05) is 16.8 Å². The molecule has 3 rings (SSSR count). The van der Waals surface area contributed by atoms with Crippen LogP contribution in [0.15, 0.2) is 41.8 Å². The molecule has 4 N–H and O–H groups in total. The summed E-state index contributed by atoms with van der Waals surface area (Å²) in [6.45, 7) is 2.55. The highest BCUT2D eigenvalue weighted by Gasteiger charge is 2.08. The van der Waals surface area contributed by atoms with E-state index in [4.69, 9.17) is 5.73 Å². The zero-order valence-electron chi connectivity index (χ0n) is 14.8. The van der Waals surface area contributed by atoms with Crippen LogP contribution in [0.5, 0.6) is 0 Å². The van der Waals surface area contributed by atoms with Gasteiger partial charge in [0.2, 0.25) is 17.8 Å². The zero-order chi connectivity index (χ0) is 19.1. The number of thiophene rings is 1. The quantitative estimate of drug-likeness (QED) is 0.533. The summed E-state index contributed by atoms with van der Waals surface area (Å²) in [6, 6.07) is 11.8. The van der Waals surface area contributed by atoms with Crippen LogP contribution < -0.4 is 16.4 Å². The second-order valence-corrected chi connectivity index (χ2v) is 7.74. The summed E-state index contributed by atoms with van der Waals surface area (Å²) in [5, 5.41) is 8.04. The predicted molar refractivity (Wildman–Crippen MR) is 111 cm³/mol. The Bertz CT molecular complexity index is 901. The van der Waals surface area contributed by atoms with Crippen molar-refractivity contribution in [3.63, 3.8) is 0 Å². The first-order chi connectivity index (χ1) is 13.1. The molecule has 0 radical (unpaired) electrons. The van der Waals surface area contributed by atoms with E-state index < -0.39 is 0 Å². The van der Waals surface area contributed by atoms with Crippen LogP contribution in [0.4, 0.5) is 17.6 Å². The standard InChI is InChI=1S/C18H20N6OS2/c1-12-5-2-3-7-14(12)21-18-23-15(22-17(19)24-18)10-26-11-16(25)20-9-13-6-4-8-27-13/h2-8H,9-11H2,1H3,(H,20,25)(H3,19,21,22,23,24). The Hall–Kier alpha value is -2.65. The fraction of sp³-hybridized carbons (Fsp3) is 0.222. The lowest BCUT2D eigenvalue weighted by Crippen LogP contribution is -2.24. The number of nitrogens with one attached hydrogen (secondary N) is 2. The van der Waals surface area contributed by atoms with E-state index in [9.17, 15) is 4.79 Å². The molecule has 2 aromatic heterocycles. The number of hydrogen-bond acceptors (Lipinski definition) is 8. The van der Waals surface area contributed by atoms with Gasteiger partial charge in [-0.3, -0.25) is 4.79 Å². The molecule has 0 atom stereocenters. The number of nitrogens with two attached hydrogens (primary N) is 1. The van der Waals surface area contributed by atoms with Crippen molar-refractivity contribution in [1.82, 2.24) is 20.3 Å². The van der Waals surface area contributed by atoms with Crippen molar-refractivity contribution in [1.29, 1.82) is 0 Å². The number of carbonyl (C=O) groups is 1. The number of rotatable bonds is 8. The lowest BCUT2D eigenvalue weighted by molar-refractivity contribution is -0.118. The molecule has 0 aliphatic heterocycles. The van der Waals surface area contributed by atoms with Crippen LogP contribution in [0, 0.1) is 6.92 Å². The molecule has 0 bridgehead atoms. The van der Waals surface area contributed by atoms with Gasteiger partial charge in [0.1, 0.15) is 5.82 Å². The first kappa shape index (κ1) is 19.1. The fourth-order valence-corrected chi connectivity index (χ4v) is 3.62. The van der Waals surface area contributed by atoms with Crippen molar-refractivity contribution in [3.05, 3.63) is 58.0 Å². The molecule has 1 amide bonds. The van der Waals surface area contributed by atoms with Crippen molar-refractivity contribution in [2.45, 2.75) is 19.2 Å². The monoisotopic (exact) mass is 400 g/mol. The maximum absolute atomic E-state index is 11.9. The highest BCUT2D eigenvalue weighted by Crippen LogP contribution is 2.18. The number of nitrogen functional groups attached to an aromatic ring is 1. The highest BCUT2D eigenvalue weighted by atomic mass is 32.2. The van der Waals surface area contributed by atoms with Crippen molar-refractivity contribution in [2.24, 2.45) is 0 Å². The summed E-state index contributed by atoms with van der Waals surface area (Å²) >= 11 is 3.05. The summed E-state index contributed by atoms with van der Waals surface area (Å²) in [5.74, 6) is 1.87. The predicted octanol–water partition coefficient (Wildman–Crippen LogP) is 3.12. The molecule has 0 aliphatic rings. The molecule has 0 fully saturated rings. The summed E-state index contributed by atoms with van der Waals surface area (Å²) < 4.78 is 0.